The van der Waals surface area contributed by atoms with Crippen molar-refractivity contribution in [3.63, 3.8) is 0 Å². The van der Waals surface area contributed by atoms with Crippen LogP contribution in [-0.4, -0.2) is 45.9 Å². The number of carbonyl (C=O) groups excluding carboxylic acids is 3. The van der Waals surface area contributed by atoms with Crippen molar-refractivity contribution in [3.8, 4) is 11.5 Å². The van der Waals surface area contributed by atoms with Gasteiger partial charge < -0.3 is 9.64 Å². The van der Waals surface area contributed by atoms with Crippen LogP contribution in [0.5, 0.6) is 11.5 Å². The first-order valence-electron chi connectivity index (χ1n) is 9.49. The van der Waals surface area contributed by atoms with Crippen molar-refractivity contribution in [1.82, 2.24) is 20.2 Å². The fourth-order valence-corrected chi connectivity index (χ4v) is 2.34. The normalized spacial score (nSPS) is 13.1. The number of imide groups is 1. The molecular formula is C20H24N6O4. The molecule has 3 rings (SSSR count). The highest BCUT2D eigenvalue weighted by atomic mass is 16.5. The van der Waals surface area contributed by atoms with Crippen molar-refractivity contribution < 1.29 is 19.1 Å². The van der Waals surface area contributed by atoms with Crippen molar-refractivity contribution in [2.75, 3.05) is 23.7 Å². The van der Waals surface area contributed by atoms with Crippen molar-refractivity contribution >= 4 is 29.6 Å². The minimum absolute atomic E-state index is 0.189. The van der Waals surface area contributed by atoms with Gasteiger partial charge in [0.1, 0.15) is 23.1 Å². The molecule has 0 saturated carbocycles. The van der Waals surface area contributed by atoms with Crippen molar-refractivity contribution in [2.45, 2.75) is 27.2 Å². The van der Waals surface area contributed by atoms with E-state index < -0.39 is 17.4 Å². The first kappa shape index (κ1) is 21.0. The number of pyridine rings is 2. The third-order valence-electron chi connectivity index (χ3n) is 4.23. The van der Waals surface area contributed by atoms with Gasteiger partial charge in [0.25, 0.3) is 0 Å². The summed E-state index contributed by atoms with van der Waals surface area (Å²) in [5, 5.41) is 7.47. The van der Waals surface area contributed by atoms with Crippen LogP contribution >= 0.6 is 0 Å². The first-order valence-corrected chi connectivity index (χ1v) is 9.49. The molecule has 1 aliphatic rings. The van der Waals surface area contributed by atoms with E-state index in [0.29, 0.717) is 17.3 Å². The molecule has 0 unspecified atom stereocenters. The topological polar surface area (TPSA) is 126 Å². The first-order chi connectivity index (χ1) is 14.2. The second-order valence-electron chi connectivity index (χ2n) is 7.79. The van der Waals surface area contributed by atoms with E-state index in [0.717, 1.165) is 19.5 Å². The predicted molar refractivity (Wildman–Crippen MR) is 110 cm³/mol. The van der Waals surface area contributed by atoms with Crippen molar-refractivity contribution in [1.29, 1.82) is 0 Å². The number of aromatic nitrogens is 2. The quantitative estimate of drug-likeness (QED) is 0.708. The summed E-state index contributed by atoms with van der Waals surface area (Å²) in [5.74, 6) is 1.15. The van der Waals surface area contributed by atoms with E-state index in [1.54, 1.807) is 49.9 Å². The molecule has 5 amide bonds. The summed E-state index contributed by atoms with van der Waals surface area (Å²) in [4.78, 5) is 45.6. The second kappa shape index (κ2) is 8.76. The van der Waals surface area contributed by atoms with Gasteiger partial charge in [0.15, 0.2) is 0 Å². The summed E-state index contributed by atoms with van der Waals surface area (Å²) in [6.07, 6.45) is 3.97. The Morgan fingerprint density at radius 1 is 1.00 bits per heavy atom. The van der Waals surface area contributed by atoms with Gasteiger partial charge in [-0.15, -0.1) is 0 Å². The lowest BCUT2D eigenvalue weighted by Gasteiger charge is -2.30. The van der Waals surface area contributed by atoms with Crippen LogP contribution in [0.4, 0.5) is 21.2 Å². The van der Waals surface area contributed by atoms with E-state index >= 15 is 0 Å². The molecule has 1 aliphatic heterocycles. The Morgan fingerprint density at radius 2 is 1.77 bits per heavy atom. The summed E-state index contributed by atoms with van der Waals surface area (Å²) < 4.78 is 5.72. The van der Waals surface area contributed by atoms with E-state index in [1.807, 2.05) is 0 Å². The number of rotatable bonds is 4. The van der Waals surface area contributed by atoms with Crippen LogP contribution in [0.25, 0.3) is 0 Å². The molecule has 0 bridgehead atoms. The largest absolute Gasteiger partial charge is 0.456 e. The Hall–Kier alpha value is -3.69. The SMILES string of the molecule is CC(C)(C)C(=O)NC(=O)Nc1ccc(Oc2ccnc(NC(=O)N3CCC3)c2)cn1. The van der Waals surface area contributed by atoms with Gasteiger partial charge in [-0.25, -0.2) is 19.6 Å². The number of nitrogens with one attached hydrogen (secondary N) is 3. The number of hydrogen-bond acceptors (Lipinski definition) is 6. The van der Waals surface area contributed by atoms with E-state index in [1.165, 1.54) is 12.4 Å². The summed E-state index contributed by atoms with van der Waals surface area (Å²) in [7, 11) is 0. The Balaban J connectivity index is 1.55. The zero-order valence-electron chi connectivity index (χ0n) is 17.1. The standard InChI is InChI=1S/C20H24N6O4/c1-20(2,3)17(27)25-18(28)23-15-6-5-14(12-22-15)30-13-7-8-21-16(11-13)24-19(29)26-9-4-10-26/h5-8,11-12H,4,9-10H2,1-3H3,(H,21,24,29)(H2,22,23,25,27,28). The van der Waals surface area contributed by atoms with Crippen LogP contribution in [0.1, 0.15) is 27.2 Å². The highest BCUT2D eigenvalue weighted by Crippen LogP contribution is 2.23. The predicted octanol–water partition coefficient (Wildman–Crippen LogP) is 3.20. The zero-order chi connectivity index (χ0) is 21.7. The summed E-state index contributed by atoms with van der Waals surface area (Å²) >= 11 is 0. The monoisotopic (exact) mass is 412 g/mol. The molecule has 10 nitrogen and oxygen atoms in total. The van der Waals surface area contributed by atoms with Gasteiger partial charge in [-0.05, 0) is 24.6 Å². The Labute approximate surface area is 174 Å². The van der Waals surface area contributed by atoms with Gasteiger partial charge in [-0.2, -0.15) is 0 Å². The lowest BCUT2D eigenvalue weighted by Crippen LogP contribution is -2.44. The Kier molecular flexibility index (Phi) is 6.14. The maximum atomic E-state index is 12.0. The molecule has 2 aromatic heterocycles. The van der Waals surface area contributed by atoms with Crippen LogP contribution < -0.4 is 20.7 Å². The molecule has 158 valence electrons. The fourth-order valence-electron chi connectivity index (χ4n) is 2.34. The Bertz CT molecular complexity index is 935. The third kappa shape index (κ3) is 5.66. The van der Waals surface area contributed by atoms with Crippen LogP contribution in [0.3, 0.4) is 0 Å². The van der Waals surface area contributed by atoms with Gasteiger partial charge in [0, 0.05) is 30.8 Å². The number of hydrogen-bond donors (Lipinski definition) is 3. The maximum Gasteiger partial charge on any atom is 0.327 e. The van der Waals surface area contributed by atoms with Crippen LogP contribution in [0.15, 0.2) is 36.7 Å². The molecular weight excluding hydrogens is 388 g/mol. The van der Waals surface area contributed by atoms with E-state index in [4.69, 9.17) is 4.74 Å². The van der Waals surface area contributed by atoms with Gasteiger partial charge in [0.2, 0.25) is 5.91 Å². The summed E-state index contributed by atoms with van der Waals surface area (Å²) in [5.41, 5.74) is -0.680. The summed E-state index contributed by atoms with van der Waals surface area (Å²) in [6.45, 7) is 6.62. The highest BCUT2D eigenvalue weighted by molar-refractivity contribution is 6.02. The fraction of sp³-hybridized carbons (Fsp3) is 0.350. The number of nitrogens with zero attached hydrogens (tertiary/aromatic N) is 3. The molecule has 1 saturated heterocycles. The van der Waals surface area contributed by atoms with Crippen LogP contribution in [0, 0.1) is 5.41 Å². The number of anilines is 2. The van der Waals surface area contributed by atoms with Gasteiger partial charge in [-0.3, -0.25) is 20.7 Å². The lowest BCUT2D eigenvalue weighted by molar-refractivity contribution is -0.127. The average Bonchev–Trinajstić information content (AvgIpc) is 2.61. The van der Waals surface area contributed by atoms with E-state index in [2.05, 4.69) is 25.9 Å². The van der Waals surface area contributed by atoms with Gasteiger partial charge >= 0.3 is 12.1 Å². The molecule has 0 aliphatic carbocycles. The number of amides is 5. The zero-order valence-corrected chi connectivity index (χ0v) is 17.1. The van der Waals surface area contributed by atoms with Crippen LogP contribution in [-0.2, 0) is 4.79 Å². The second-order valence-corrected chi connectivity index (χ2v) is 7.79. The van der Waals surface area contributed by atoms with E-state index in [9.17, 15) is 14.4 Å². The number of ether oxygens (including phenoxy) is 1. The Morgan fingerprint density at radius 3 is 2.37 bits per heavy atom. The minimum Gasteiger partial charge on any atom is -0.456 e. The van der Waals surface area contributed by atoms with Crippen molar-refractivity contribution in [2.24, 2.45) is 5.41 Å². The van der Waals surface area contributed by atoms with Crippen LogP contribution in [0.2, 0.25) is 0 Å². The molecule has 0 aromatic carbocycles. The molecule has 0 atom stereocenters. The van der Waals surface area contributed by atoms with Crippen molar-refractivity contribution in [3.05, 3.63) is 36.7 Å². The third-order valence-corrected chi connectivity index (χ3v) is 4.23. The summed E-state index contributed by atoms with van der Waals surface area (Å²) in [6, 6.07) is 5.57. The molecule has 2 aromatic rings. The van der Waals surface area contributed by atoms with E-state index in [-0.39, 0.29) is 11.8 Å². The number of carbonyl (C=O) groups is 3. The molecule has 0 spiro atoms. The molecule has 30 heavy (non-hydrogen) atoms. The lowest BCUT2D eigenvalue weighted by atomic mass is 9.96. The maximum absolute atomic E-state index is 12.0. The molecule has 10 heteroatoms. The van der Waals surface area contributed by atoms with Gasteiger partial charge in [0.05, 0.1) is 6.20 Å². The minimum atomic E-state index is -0.680. The smallest absolute Gasteiger partial charge is 0.327 e. The van der Waals surface area contributed by atoms with Gasteiger partial charge in [-0.1, -0.05) is 20.8 Å². The molecule has 3 N–H and O–H groups in total. The molecule has 3 heterocycles. The number of likely N-dealkylation sites (tertiary alicyclic amines) is 1. The molecule has 1 fully saturated rings. The highest BCUT2D eigenvalue weighted by Gasteiger charge is 2.23. The molecule has 0 radical (unpaired) electrons. The number of urea groups is 2. The average molecular weight is 412 g/mol.